The SMILES string of the molecule is Nc1ncnc2c1ncn2[C@@H]1O[C@H](CO)[C@@H](O)[C@H]1OP(=O)(O)OC[C@H]1O[C@@H](n2cnc3c(N)ncnc32)[C@H](OP(=O)(O)OC[C@H]2O[C@@H](n3cnc4c(N)ncnc43)[C@@H]3O[C@@H]32)[C@@H]1O. The maximum atomic E-state index is 13.6. The van der Waals surface area contributed by atoms with Crippen LogP contribution in [0.2, 0.25) is 0 Å². The van der Waals surface area contributed by atoms with E-state index in [1.807, 2.05) is 0 Å². The zero-order chi connectivity index (χ0) is 43.2. The Bertz CT molecular complexity index is 2760. The number of fused-ring (bicyclic) bond motifs is 4. The number of phosphoric acid groups is 2. The van der Waals surface area contributed by atoms with E-state index in [1.54, 1.807) is 4.57 Å². The van der Waals surface area contributed by atoms with E-state index in [2.05, 4.69) is 44.9 Å². The second kappa shape index (κ2) is 15.4. The van der Waals surface area contributed by atoms with Crippen LogP contribution in [0.15, 0.2) is 38.0 Å². The lowest BCUT2D eigenvalue weighted by atomic mass is 10.1. The predicted octanol–water partition coefficient (Wildman–Crippen LogP) is -2.57. The van der Waals surface area contributed by atoms with Crippen molar-refractivity contribution in [1.82, 2.24) is 58.6 Å². The molecule has 2 unspecified atom stereocenters. The third-order valence-electron chi connectivity index (χ3n) is 10.6. The molecule has 10 heterocycles. The minimum absolute atomic E-state index is 0.0179. The third-order valence-corrected chi connectivity index (χ3v) is 12.6. The van der Waals surface area contributed by atoms with E-state index in [0.29, 0.717) is 11.2 Å². The molecule has 10 rings (SSSR count). The molecule has 11 N–H and O–H groups in total. The van der Waals surface area contributed by atoms with Crippen molar-refractivity contribution in [2.75, 3.05) is 37.0 Å². The number of anilines is 3. The number of nitrogen functional groups attached to an aromatic ring is 3. The minimum Gasteiger partial charge on any atom is -0.394 e. The van der Waals surface area contributed by atoms with Crippen molar-refractivity contribution in [3.05, 3.63) is 38.0 Å². The number of imidazole rings is 3. The molecule has 0 bridgehead atoms. The van der Waals surface area contributed by atoms with Crippen LogP contribution in [-0.2, 0) is 46.2 Å². The second-order valence-corrected chi connectivity index (χ2v) is 17.2. The Labute approximate surface area is 344 Å². The van der Waals surface area contributed by atoms with Crippen LogP contribution in [-0.4, -0.2) is 158 Å². The Morgan fingerprint density at radius 3 is 1.44 bits per heavy atom. The number of epoxide rings is 1. The molecule has 4 aliphatic heterocycles. The lowest BCUT2D eigenvalue weighted by Crippen LogP contribution is -2.36. The summed E-state index contributed by atoms with van der Waals surface area (Å²) >= 11 is 0. The average molecular weight is 908 g/mol. The van der Waals surface area contributed by atoms with Gasteiger partial charge in [0.2, 0.25) is 0 Å². The normalized spacial score (nSPS) is 32.7. The number of hydrogen-bond acceptors (Lipinski definition) is 25. The predicted molar refractivity (Wildman–Crippen MR) is 200 cm³/mol. The molecule has 6 aromatic heterocycles. The van der Waals surface area contributed by atoms with Gasteiger partial charge < -0.3 is 61.3 Å². The van der Waals surface area contributed by atoms with Gasteiger partial charge in [-0.3, -0.25) is 31.8 Å². The Hall–Kier alpha value is -5.01. The summed E-state index contributed by atoms with van der Waals surface area (Å²) < 4.78 is 76.3. The van der Waals surface area contributed by atoms with Crippen molar-refractivity contribution in [3.63, 3.8) is 0 Å². The van der Waals surface area contributed by atoms with Crippen LogP contribution >= 0.6 is 15.6 Å². The van der Waals surface area contributed by atoms with Crippen LogP contribution in [0.4, 0.5) is 17.5 Å². The summed E-state index contributed by atoms with van der Waals surface area (Å²) in [4.78, 5) is 58.7. The number of ether oxygens (including phenoxy) is 4. The average Bonchev–Trinajstić information content (AvgIpc) is 3.81. The first kappa shape index (κ1) is 41.0. The van der Waals surface area contributed by atoms with Gasteiger partial charge in [0.1, 0.15) is 90.5 Å². The second-order valence-electron chi connectivity index (χ2n) is 14.3. The van der Waals surface area contributed by atoms with E-state index in [4.69, 9.17) is 54.2 Å². The fourth-order valence-electron chi connectivity index (χ4n) is 7.63. The lowest BCUT2D eigenvalue weighted by molar-refractivity contribution is -0.0856. The molecule has 330 valence electrons. The number of nitrogens with zero attached hydrogens (tertiary/aromatic N) is 12. The van der Waals surface area contributed by atoms with Crippen LogP contribution in [0, 0.1) is 0 Å². The van der Waals surface area contributed by atoms with Crippen LogP contribution in [0.1, 0.15) is 18.7 Å². The van der Waals surface area contributed by atoms with Gasteiger partial charge in [-0.1, -0.05) is 0 Å². The first-order valence-electron chi connectivity index (χ1n) is 18.4. The Balaban J connectivity index is 0.847. The molecule has 0 amide bonds. The highest BCUT2D eigenvalue weighted by molar-refractivity contribution is 7.47. The smallest absolute Gasteiger partial charge is 0.394 e. The summed E-state index contributed by atoms with van der Waals surface area (Å²) in [5.41, 5.74) is 19.0. The minimum atomic E-state index is -5.23. The molecule has 32 heteroatoms. The van der Waals surface area contributed by atoms with Crippen LogP contribution in [0.25, 0.3) is 33.5 Å². The van der Waals surface area contributed by atoms with Crippen LogP contribution in [0.3, 0.4) is 0 Å². The van der Waals surface area contributed by atoms with Gasteiger partial charge in [0, 0.05) is 0 Å². The summed E-state index contributed by atoms with van der Waals surface area (Å²) in [6.07, 6.45) is -7.93. The summed E-state index contributed by atoms with van der Waals surface area (Å²) in [6, 6.07) is 0. The number of hydrogen-bond donors (Lipinski definition) is 8. The van der Waals surface area contributed by atoms with Crippen molar-refractivity contribution < 1.29 is 71.3 Å². The molecule has 4 fully saturated rings. The molecule has 30 nitrogen and oxygen atoms in total. The fraction of sp³-hybridized carbons (Fsp3) is 0.500. The van der Waals surface area contributed by atoms with E-state index < -0.39 is 109 Å². The van der Waals surface area contributed by atoms with Gasteiger partial charge in [0.15, 0.2) is 53.1 Å². The molecule has 4 aliphatic rings. The van der Waals surface area contributed by atoms with Crippen molar-refractivity contribution in [3.8, 4) is 0 Å². The largest absolute Gasteiger partial charge is 0.472 e. The fourth-order valence-corrected chi connectivity index (χ4v) is 9.49. The summed E-state index contributed by atoms with van der Waals surface area (Å²) in [7, 11) is -10.3. The van der Waals surface area contributed by atoms with Gasteiger partial charge in [-0.15, -0.1) is 0 Å². The van der Waals surface area contributed by atoms with Gasteiger partial charge >= 0.3 is 15.6 Å². The molecule has 0 spiro atoms. The first-order chi connectivity index (χ1) is 29.7. The van der Waals surface area contributed by atoms with Gasteiger partial charge in [-0.05, 0) is 0 Å². The van der Waals surface area contributed by atoms with Gasteiger partial charge in [-0.25, -0.2) is 54.0 Å². The number of phosphoric ester groups is 2. The van der Waals surface area contributed by atoms with Crippen molar-refractivity contribution in [1.29, 1.82) is 0 Å². The number of nitrogens with two attached hydrogens (primary N) is 3. The monoisotopic (exact) mass is 907 g/mol. The maximum absolute atomic E-state index is 13.6. The zero-order valence-electron chi connectivity index (χ0n) is 31.3. The molecule has 0 aromatic carbocycles. The highest BCUT2D eigenvalue weighted by Gasteiger charge is 2.60. The Kier molecular flexibility index (Phi) is 10.2. The highest BCUT2D eigenvalue weighted by atomic mass is 31.2. The molecule has 0 saturated carbocycles. The molecule has 62 heavy (non-hydrogen) atoms. The number of aliphatic hydroxyl groups is 3. The lowest BCUT2D eigenvalue weighted by Gasteiger charge is -2.25. The van der Waals surface area contributed by atoms with E-state index in [-0.39, 0.29) is 39.8 Å². The van der Waals surface area contributed by atoms with Gasteiger partial charge in [0.25, 0.3) is 0 Å². The van der Waals surface area contributed by atoms with Crippen LogP contribution < -0.4 is 17.2 Å². The van der Waals surface area contributed by atoms with E-state index in [1.165, 1.54) is 34.4 Å². The highest BCUT2D eigenvalue weighted by Crippen LogP contribution is 2.54. The standard InChI is InChI=1S/C30H35N15O15P2/c31-22-13-25(37-4-34-22)43(7-40-13)28-19(16(47)10(1-46)55-28)59-61(49,50)53-2-11-17(48)20(29(56-11)44-8-41-14-23(32)35-5-38-26(14)44)60-62(51,52)54-3-12-18-21(58-18)30(57-12)45-9-42-15-24(33)36-6-39-27(15)45/h4-12,16-21,28-30,46-48H,1-3H2,(H,49,50)(H,51,52)(H2,31,34,37)(H2,32,35,38)(H2,33,36,39)/t10-,11-,12-,16-,17-,18-,19-,20-,21-,28-,29-,30-/m1/s1. The first-order valence-corrected chi connectivity index (χ1v) is 21.4. The quantitative estimate of drug-likeness (QED) is 0.0411. The number of aliphatic hydroxyl groups excluding tert-OH is 3. The van der Waals surface area contributed by atoms with Crippen molar-refractivity contribution in [2.45, 2.75) is 73.6 Å². The molecule has 4 saturated heterocycles. The Morgan fingerprint density at radius 1 is 0.565 bits per heavy atom. The van der Waals surface area contributed by atoms with E-state index in [0.717, 1.165) is 12.7 Å². The number of aromatic nitrogens is 12. The van der Waals surface area contributed by atoms with Crippen LogP contribution in [0.5, 0.6) is 0 Å². The van der Waals surface area contributed by atoms with E-state index >= 15 is 0 Å². The van der Waals surface area contributed by atoms with Crippen molar-refractivity contribution in [2.24, 2.45) is 0 Å². The summed E-state index contributed by atoms with van der Waals surface area (Å²) in [5, 5.41) is 32.4. The Morgan fingerprint density at radius 2 is 0.968 bits per heavy atom. The summed E-state index contributed by atoms with van der Waals surface area (Å²) in [6.45, 7) is -2.13. The van der Waals surface area contributed by atoms with Crippen molar-refractivity contribution >= 4 is 66.6 Å². The zero-order valence-corrected chi connectivity index (χ0v) is 33.1. The maximum Gasteiger partial charge on any atom is 0.472 e. The van der Waals surface area contributed by atoms with Gasteiger partial charge in [0.05, 0.1) is 38.8 Å². The molecule has 14 atom stereocenters. The topological polar surface area (TPSA) is 421 Å². The molecule has 0 radical (unpaired) electrons. The van der Waals surface area contributed by atoms with E-state index in [9.17, 15) is 34.2 Å². The molecular formula is C30H35N15O15P2. The number of rotatable bonds is 14. The summed E-state index contributed by atoms with van der Waals surface area (Å²) in [5.74, 6) is 0.159. The van der Waals surface area contributed by atoms with Gasteiger partial charge in [-0.2, -0.15) is 0 Å². The third kappa shape index (κ3) is 7.13. The molecular weight excluding hydrogens is 872 g/mol. The molecule has 6 aromatic rings. The molecule has 0 aliphatic carbocycles.